The molecule has 3 rings (SSSR count). The Bertz CT molecular complexity index is 865. The molecular formula is C19H18ClNO2. The third-order valence-electron chi connectivity index (χ3n) is 4.15. The number of aliphatic hydroxyl groups excluding tert-OH is 1. The Kier molecular flexibility index (Phi) is 4.24. The van der Waals surface area contributed by atoms with E-state index in [-0.39, 0.29) is 5.78 Å². The molecule has 118 valence electrons. The smallest absolute Gasteiger partial charge is 0.195 e. The Morgan fingerprint density at radius 3 is 2.48 bits per heavy atom. The molecule has 0 bridgehead atoms. The van der Waals surface area contributed by atoms with Crippen LogP contribution in [-0.4, -0.2) is 15.5 Å². The SMILES string of the molecule is CCC(O)n1c(C)c(C(=O)c2ccc(Cl)cc2)c2ccccc21. The number of aliphatic hydroxyl groups is 1. The molecule has 4 heteroatoms. The van der Waals surface area contributed by atoms with Crippen molar-refractivity contribution >= 4 is 28.3 Å². The standard InChI is InChI=1S/C19H18ClNO2/c1-3-17(22)21-12(2)18(15-6-4-5-7-16(15)21)19(23)13-8-10-14(20)11-9-13/h4-11,17,22H,3H2,1-2H3. The molecule has 0 aliphatic carbocycles. The topological polar surface area (TPSA) is 42.2 Å². The molecule has 1 heterocycles. The fraction of sp³-hybridized carbons (Fsp3) is 0.211. The summed E-state index contributed by atoms with van der Waals surface area (Å²) < 4.78 is 1.83. The van der Waals surface area contributed by atoms with Crippen molar-refractivity contribution in [3.05, 3.63) is 70.4 Å². The fourth-order valence-electron chi connectivity index (χ4n) is 2.99. The second-order valence-corrected chi connectivity index (χ2v) is 6.01. The average Bonchev–Trinajstić information content (AvgIpc) is 2.86. The van der Waals surface area contributed by atoms with Gasteiger partial charge in [-0.2, -0.15) is 0 Å². The van der Waals surface area contributed by atoms with Gasteiger partial charge in [-0.1, -0.05) is 36.7 Å². The van der Waals surface area contributed by atoms with Crippen molar-refractivity contribution in [2.75, 3.05) is 0 Å². The van der Waals surface area contributed by atoms with Crippen LogP contribution in [0.15, 0.2) is 48.5 Å². The number of nitrogens with zero attached hydrogens (tertiary/aromatic N) is 1. The van der Waals surface area contributed by atoms with Crippen LogP contribution in [0.5, 0.6) is 0 Å². The third-order valence-corrected chi connectivity index (χ3v) is 4.40. The summed E-state index contributed by atoms with van der Waals surface area (Å²) >= 11 is 5.90. The van der Waals surface area contributed by atoms with Crippen LogP contribution >= 0.6 is 11.6 Å². The van der Waals surface area contributed by atoms with Gasteiger partial charge in [0.15, 0.2) is 5.78 Å². The molecule has 0 fully saturated rings. The Balaban J connectivity index is 2.23. The lowest BCUT2D eigenvalue weighted by molar-refractivity contribution is 0.100. The molecule has 0 spiro atoms. The lowest BCUT2D eigenvalue weighted by Crippen LogP contribution is -2.10. The molecular weight excluding hydrogens is 310 g/mol. The maximum atomic E-state index is 13.0. The highest BCUT2D eigenvalue weighted by Crippen LogP contribution is 2.31. The van der Waals surface area contributed by atoms with E-state index in [9.17, 15) is 9.90 Å². The van der Waals surface area contributed by atoms with E-state index in [1.54, 1.807) is 24.3 Å². The maximum absolute atomic E-state index is 13.0. The van der Waals surface area contributed by atoms with Crippen molar-refractivity contribution < 1.29 is 9.90 Å². The van der Waals surface area contributed by atoms with Gasteiger partial charge in [-0.05, 0) is 43.7 Å². The van der Waals surface area contributed by atoms with E-state index in [1.807, 2.05) is 42.7 Å². The molecule has 0 aliphatic rings. The van der Waals surface area contributed by atoms with Crippen molar-refractivity contribution in [2.45, 2.75) is 26.5 Å². The largest absolute Gasteiger partial charge is 0.373 e. The highest BCUT2D eigenvalue weighted by atomic mass is 35.5. The minimum atomic E-state index is -0.647. The van der Waals surface area contributed by atoms with Gasteiger partial charge in [-0.25, -0.2) is 0 Å². The zero-order valence-electron chi connectivity index (χ0n) is 13.1. The maximum Gasteiger partial charge on any atom is 0.195 e. The quantitative estimate of drug-likeness (QED) is 0.703. The number of aromatic nitrogens is 1. The van der Waals surface area contributed by atoms with Gasteiger partial charge in [0.2, 0.25) is 0 Å². The molecule has 2 aromatic carbocycles. The van der Waals surface area contributed by atoms with E-state index < -0.39 is 6.23 Å². The molecule has 1 aromatic heterocycles. The summed E-state index contributed by atoms with van der Waals surface area (Å²) in [6, 6.07) is 14.6. The first-order chi connectivity index (χ1) is 11.0. The number of halogens is 1. The second-order valence-electron chi connectivity index (χ2n) is 5.57. The number of benzene rings is 2. The number of hydrogen-bond donors (Lipinski definition) is 1. The van der Waals surface area contributed by atoms with Crippen molar-refractivity contribution in [1.29, 1.82) is 0 Å². The van der Waals surface area contributed by atoms with Gasteiger partial charge in [0.1, 0.15) is 6.23 Å². The van der Waals surface area contributed by atoms with Crippen LogP contribution in [0.1, 0.15) is 41.2 Å². The summed E-state index contributed by atoms with van der Waals surface area (Å²) in [4.78, 5) is 13.0. The van der Waals surface area contributed by atoms with Crippen LogP contribution in [0, 0.1) is 6.92 Å². The van der Waals surface area contributed by atoms with Crippen LogP contribution in [0.25, 0.3) is 10.9 Å². The molecule has 3 nitrogen and oxygen atoms in total. The van der Waals surface area contributed by atoms with Gasteiger partial charge in [-0.15, -0.1) is 0 Å². The molecule has 0 saturated heterocycles. The van der Waals surface area contributed by atoms with Gasteiger partial charge < -0.3 is 9.67 Å². The van der Waals surface area contributed by atoms with Crippen LogP contribution in [0.3, 0.4) is 0 Å². The minimum Gasteiger partial charge on any atom is -0.373 e. The number of hydrogen-bond acceptors (Lipinski definition) is 2. The third kappa shape index (κ3) is 2.67. The Morgan fingerprint density at radius 2 is 1.83 bits per heavy atom. The van der Waals surface area contributed by atoms with E-state index in [0.717, 1.165) is 16.6 Å². The van der Waals surface area contributed by atoms with E-state index in [0.29, 0.717) is 22.6 Å². The molecule has 3 aromatic rings. The molecule has 0 saturated carbocycles. The van der Waals surface area contributed by atoms with E-state index >= 15 is 0 Å². The van der Waals surface area contributed by atoms with Gasteiger partial charge >= 0.3 is 0 Å². The van der Waals surface area contributed by atoms with Gasteiger partial charge in [0.25, 0.3) is 0 Å². The predicted molar refractivity (Wildman–Crippen MR) is 93.1 cm³/mol. The summed E-state index contributed by atoms with van der Waals surface area (Å²) in [6.45, 7) is 3.79. The average molecular weight is 328 g/mol. The first-order valence-electron chi connectivity index (χ1n) is 7.62. The number of carbonyl (C=O) groups excluding carboxylic acids is 1. The monoisotopic (exact) mass is 327 g/mol. The van der Waals surface area contributed by atoms with Gasteiger partial charge in [0, 0.05) is 21.7 Å². The van der Waals surface area contributed by atoms with E-state index in [2.05, 4.69) is 0 Å². The molecule has 1 unspecified atom stereocenters. The number of rotatable bonds is 4. The minimum absolute atomic E-state index is 0.0579. The van der Waals surface area contributed by atoms with Crippen molar-refractivity contribution in [3.63, 3.8) is 0 Å². The van der Waals surface area contributed by atoms with Crippen molar-refractivity contribution in [2.24, 2.45) is 0 Å². The second kappa shape index (κ2) is 6.19. The number of para-hydroxylation sites is 1. The summed E-state index contributed by atoms with van der Waals surface area (Å²) in [5, 5.41) is 11.8. The molecule has 1 atom stereocenters. The van der Waals surface area contributed by atoms with Gasteiger partial charge in [-0.3, -0.25) is 4.79 Å². The Labute approximate surface area is 140 Å². The zero-order valence-corrected chi connectivity index (χ0v) is 13.8. The molecule has 0 radical (unpaired) electrons. The number of carbonyl (C=O) groups is 1. The number of fused-ring (bicyclic) bond motifs is 1. The number of ketones is 1. The Hall–Kier alpha value is -2.10. The highest BCUT2D eigenvalue weighted by Gasteiger charge is 2.23. The molecule has 0 aliphatic heterocycles. The lowest BCUT2D eigenvalue weighted by Gasteiger charge is -2.14. The van der Waals surface area contributed by atoms with Crippen molar-refractivity contribution in [3.8, 4) is 0 Å². The fourth-order valence-corrected chi connectivity index (χ4v) is 3.12. The summed E-state index contributed by atoms with van der Waals surface area (Å²) in [5.41, 5.74) is 2.87. The van der Waals surface area contributed by atoms with E-state index in [1.165, 1.54) is 0 Å². The molecule has 23 heavy (non-hydrogen) atoms. The van der Waals surface area contributed by atoms with Crippen LogP contribution in [0.2, 0.25) is 5.02 Å². The predicted octanol–water partition coefficient (Wildman–Crippen LogP) is 4.74. The normalized spacial score (nSPS) is 12.5. The lowest BCUT2D eigenvalue weighted by atomic mass is 10.0. The zero-order chi connectivity index (χ0) is 16.6. The summed E-state index contributed by atoms with van der Waals surface area (Å²) in [5.74, 6) is -0.0579. The Morgan fingerprint density at radius 1 is 1.17 bits per heavy atom. The van der Waals surface area contributed by atoms with Gasteiger partial charge in [0.05, 0.1) is 11.1 Å². The first-order valence-corrected chi connectivity index (χ1v) is 8.00. The summed E-state index contributed by atoms with van der Waals surface area (Å²) in [7, 11) is 0. The van der Waals surface area contributed by atoms with Crippen molar-refractivity contribution in [1.82, 2.24) is 4.57 Å². The van der Waals surface area contributed by atoms with Crippen LogP contribution in [0.4, 0.5) is 0 Å². The first kappa shape index (κ1) is 15.8. The van der Waals surface area contributed by atoms with Crippen LogP contribution in [-0.2, 0) is 0 Å². The molecule has 0 amide bonds. The highest BCUT2D eigenvalue weighted by molar-refractivity contribution is 6.30. The van der Waals surface area contributed by atoms with E-state index in [4.69, 9.17) is 11.6 Å². The van der Waals surface area contributed by atoms with Crippen LogP contribution < -0.4 is 0 Å². The summed E-state index contributed by atoms with van der Waals surface area (Å²) in [6.07, 6.45) is -0.0691. The molecule has 1 N–H and O–H groups in total.